The minimum Gasteiger partial charge on any atom is -0.399 e. The third-order valence-electron chi connectivity index (χ3n) is 8.28. The SMILES string of the molecule is CC1(C)OB(c2ccc3nc(-c4ccc5c6ccccc6c6ccccc6c5c4)ccc3c2)OC1(C)C. The van der Waals surface area contributed by atoms with Crippen LogP contribution in [0.2, 0.25) is 0 Å². The summed E-state index contributed by atoms with van der Waals surface area (Å²) in [6.45, 7) is 8.32. The van der Waals surface area contributed by atoms with E-state index in [0.717, 1.165) is 27.6 Å². The minimum atomic E-state index is -0.377. The van der Waals surface area contributed by atoms with Crippen molar-refractivity contribution in [1.29, 1.82) is 0 Å². The monoisotopic (exact) mass is 481 g/mol. The fourth-order valence-electron chi connectivity index (χ4n) is 5.50. The van der Waals surface area contributed by atoms with Gasteiger partial charge in [0.2, 0.25) is 0 Å². The maximum atomic E-state index is 6.26. The Bertz CT molecular complexity index is 1810. The molecule has 1 fully saturated rings. The molecule has 0 saturated carbocycles. The second-order valence-electron chi connectivity index (χ2n) is 11.1. The van der Waals surface area contributed by atoms with E-state index in [0.29, 0.717) is 0 Å². The Morgan fingerprint density at radius 3 is 1.76 bits per heavy atom. The molecule has 0 radical (unpaired) electrons. The molecule has 7 rings (SSSR count). The van der Waals surface area contributed by atoms with Gasteiger partial charge in [-0.2, -0.15) is 0 Å². The number of aromatic nitrogens is 1. The molecular weight excluding hydrogens is 453 g/mol. The van der Waals surface area contributed by atoms with E-state index in [-0.39, 0.29) is 18.3 Å². The van der Waals surface area contributed by atoms with E-state index < -0.39 is 0 Å². The predicted molar refractivity (Wildman–Crippen MR) is 155 cm³/mol. The van der Waals surface area contributed by atoms with Gasteiger partial charge in [-0.05, 0) is 89.1 Å². The molecule has 1 aliphatic heterocycles. The van der Waals surface area contributed by atoms with Crippen LogP contribution in [0.5, 0.6) is 0 Å². The predicted octanol–water partition coefficient (Wildman–Crippen LogP) is 7.66. The Morgan fingerprint density at radius 2 is 1.14 bits per heavy atom. The van der Waals surface area contributed by atoms with Gasteiger partial charge in [-0.25, -0.2) is 4.98 Å². The van der Waals surface area contributed by atoms with E-state index in [1.165, 1.54) is 32.3 Å². The lowest BCUT2D eigenvalue weighted by atomic mass is 9.78. The molecule has 0 amide bonds. The normalized spacial score (nSPS) is 16.8. The van der Waals surface area contributed by atoms with Crippen LogP contribution in [0.15, 0.2) is 97.1 Å². The fourth-order valence-corrected chi connectivity index (χ4v) is 5.50. The Kier molecular flexibility index (Phi) is 4.79. The Hall–Kier alpha value is -3.73. The Morgan fingerprint density at radius 1 is 0.568 bits per heavy atom. The summed E-state index contributed by atoms with van der Waals surface area (Å²) >= 11 is 0. The lowest BCUT2D eigenvalue weighted by molar-refractivity contribution is 0.00578. The van der Waals surface area contributed by atoms with Crippen LogP contribution in [0.4, 0.5) is 0 Å². The van der Waals surface area contributed by atoms with Crippen molar-refractivity contribution < 1.29 is 9.31 Å². The summed E-state index contributed by atoms with van der Waals surface area (Å²) in [4.78, 5) is 5.04. The first-order chi connectivity index (χ1) is 17.8. The number of hydrogen-bond acceptors (Lipinski definition) is 3. The topological polar surface area (TPSA) is 31.4 Å². The third kappa shape index (κ3) is 3.47. The van der Waals surface area contributed by atoms with Crippen molar-refractivity contribution in [3.8, 4) is 11.3 Å². The molecule has 180 valence electrons. The molecule has 37 heavy (non-hydrogen) atoms. The van der Waals surface area contributed by atoms with Crippen molar-refractivity contribution in [3.05, 3.63) is 97.1 Å². The van der Waals surface area contributed by atoms with Gasteiger partial charge in [0.15, 0.2) is 0 Å². The Labute approximate surface area is 217 Å². The van der Waals surface area contributed by atoms with Crippen LogP contribution in [0.25, 0.3) is 54.5 Å². The van der Waals surface area contributed by atoms with Crippen LogP contribution in [0.1, 0.15) is 27.7 Å². The van der Waals surface area contributed by atoms with Crippen molar-refractivity contribution in [2.24, 2.45) is 0 Å². The van der Waals surface area contributed by atoms with E-state index >= 15 is 0 Å². The molecule has 1 saturated heterocycles. The van der Waals surface area contributed by atoms with E-state index in [2.05, 4.69) is 125 Å². The summed E-state index contributed by atoms with van der Waals surface area (Å²) in [7, 11) is -0.377. The molecule has 3 nitrogen and oxygen atoms in total. The van der Waals surface area contributed by atoms with Gasteiger partial charge in [-0.1, -0.05) is 78.9 Å². The first-order valence-corrected chi connectivity index (χ1v) is 12.9. The van der Waals surface area contributed by atoms with Gasteiger partial charge in [0.05, 0.1) is 22.4 Å². The zero-order valence-electron chi connectivity index (χ0n) is 21.6. The molecule has 5 aromatic carbocycles. The number of hydrogen-bond donors (Lipinski definition) is 0. The second kappa shape index (κ2) is 7.88. The molecular formula is C33H28BNO2. The maximum Gasteiger partial charge on any atom is 0.494 e. The lowest BCUT2D eigenvalue weighted by Crippen LogP contribution is -2.41. The standard InChI is InChI=1S/C33H28BNO2/c1-32(2)33(3,4)37-34(36-32)23-15-18-31-21(19-23)14-17-30(35-31)22-13-16-28-26-11-6-5-9-24(26)25-10-7-8-12-27(25)29(28)20-22/h5-20H,1-4H3. The van der Waals surface area contributed by atoms with Gasteiger partial charge < -0.3 is 9.31 Å². The summed E-state index contributed by atoms with van der Waals surface area (Å²) in [6, 6.07) is 34.6. The molecule has 1 aliphatic rings. The van der Waals surface area contributed by atoms with Crippen LogP contribution in [-0.2, 0) is 9.31 Å². The third-order valence-corrected chi connectivity index (χ3v) is 8.28. The van der Waals surface area contributed by atoms with E-state index in [4.69, 9.17) is 14.3 Å². The van der Waals surface area contributed by atoms with Crippen LogP contribution in [-0.4, -0.2) is 23.3 Å². The van der Waals surface area contributed by atoms with Gasteiger partial charge in [0.25, 0.3) is 0 Å². The van der Waals surface area contributed by atoms with Crippen molar-refractivity contribution in [1.82, 2.24) is 4.98 Å². The maximum absolute atomic E-state index is 6.26. The molecule has 0 atom stereocenters. The molecule has 6 aromatic rings. The first-order valence-electron chi connectivity index (χ1n) is 12.9. The lowest BCUT2D eigenvalue weighted by Gasteiger charge is -2.32. The summed E-state index contributed by atoms with van der Waals surface area (Å²) < 4.78 is 12.5. The smallest absolute Gasteiger partial charge is 0.399 e. The number of fused-ring (bicyclic) bond motifs is 7. The van der Waals surface area contributed by atoms with Crippen LogP contribution in [0, 0.1) is 0 Å². The average molecular weight is 481 g/mol. The summed E-state index contributed by atoms with van der Waals surface area (Å²) in [6.07, 6.45) is 0. The van der Waals surface area contributed by atoms with Crippen molar-refractivity contribution >= 4 is 55.8 Å². The van der Waals surface area contributed by atoms with E-state index in [1.54, 1.807) is 0 Å². The summed E-state index contributed by atoms with van der Waals surface area (Å²) in [5.41, 5.74) is 3.34. The van der Waals surface area contributed by atoms with Gasteiger partial charge in [-0.3, -0.25) is 0 Å². The molecule has 0 aliphatic carbocycles. The highest BCUT2D eigenvalue weighted by Gasteiger charge is 2.51. The van der Waals surface area contributed by atoms with Gasteiger partial charge in [0, 0.05) is 5.56 Å². The molecule has 2 heterocycles. The van der Waals surface area contributed by atoms with Crippen molar-refractivity contribution in [2.45, 2.75) is 38.9 Å². The molecule has 0 unspecified atom stereocenters. The average Bonchev–Trinajstić information content (AvgIpc) is 3.14. The second-order valence-corrected chi connectivity index (χ2v) is 11.1. The quantitative estimate of drug-likeness (QED) is 0.188. The van der Waals surface area contributed by atoms with Crippen molar-refractivity contribution in [3.63, 3.8) is 0 Å². The number of pyridine rings is 1. The van der Waals surface area contributed by atoms with Crippen LogP contribution < -0.4 is 5.46 Å². The zero-order chi connectivity index (χ0) is 25.4. The molecule has 0 bridgehead atoms. The fraction of sp³-hybridized carbons (Fsp3) is 0.182. The van der Waals surface area contributed by atoms with Crippen molar-refractivity contribution in [2.75, 3.05) is 0 Å². The van der Waals surface area contributed by atoms with Gasteiger partial charge in [0.1, 0.15) is 0 Å². The van der Waals surface area contributed by atoms with Gasteiger partial charge in [-0.15, -0.1) is 0 Å². The first kappa shape index (κ1) is 22.5. The molecule has 0 N–H and O–H groups in total. The molecule has 4 heteroatoms. The van der Waals surface area contributed by atoms with Gasteiger partial charge >= 0.3 is 7.12 Å². The number of benzene rings is 5. The number of nitrogens with zero attached hydrogens (tertiary/aromatic N) is 1. The molecule has 1 aromatic heterocycles. The summed E-state index contributed by atoms with van der Waals surface area (Å²) in [5.74, 6) is 0. The highest BCUT2D eigenvalue weighted by molar-refractivity contribution is 6.62. The highest BCUT2D eigenvalue weighted by Crippen LogP contribution is 2.38. The summed E-state index contributed by atoms with van der Waals surface area (Å²) in [5, 5.41) is 8.73. The number of rotatable bonds is 2. The van der Waals surface area contributed by atoms with Crippen LogP contribution in [0.3, 0.4) is 0 Å². The largest absolute Gasteiger partial charge is 0.494 e. The van der Waals surface area contributed by atoms with E-state index in [1.807, 2.05) is 0 Å². The zero-order valence-corrected chi connectivity index (χ0v) is 21.6. The van der Waals surface area contributed by atoms with E-state index in [9.17, 15) is 0 Å². The van der Waals surface area contributed by atoms with Crippen LogP contribution >= 0.6 is 0 Å². The molecule has 0 spiro atoms. The minimum absolute atomic E-state index is 0.361. The Balaban J connectivity index is 1.32. The highest BCUT2D eigenvalue weighted by atomic mass is 16.7.